The number of carbonyl (C=O) groups is 1. The molecule has 0 aliphatic carbocycles. The first-order valence-corrected chi connectivity index (χ1v) is 13.1. The highest BCUT2D eigenvalue weighted by Gasteiger charge is 2.33. The van der Waals surface area contributed by atoms with Crippen molar-refractivity contribution in [1.29, 1.82) is 0 Å². The van der Waals surface area contributed by atoms with E-state index in [2.05, 4.69) is 35.4 Å². The molecule has 0 spiro atoms. The average molecular weight is 514 g/mol. The molecule has 4 aromatic rings. The summed E-state index contributed by atoms with van der Waals surface area (Å²) >= 11 is 0. The van der Waals surface area contributed by atoms with Crippen molar-refractivity contribution in [3.05, 3.63) is 76.6 Å². The predicted molar refractivity (Wildman–Crippen MR) is 140 cm³/mol. The number of ether oxygens (including phenoxy) is 2. The van der Waals surface area contributed by atoms with Crippen LogP contribution >= 0.6 is 0 Å². The third kappa shape index (κ3) is 3.72. The SMILES string of the molecule is Cc1ccc2c(c1)CN(C1CCOCC1)C(=O)c1ncn3c(NCc4c(F)ccc5c4CCO5)ncc-2c13. The number of aromatic nitrogens is 3. The van der Waals surface area contributed by atoms with E-state index in [1.165, 1.54) is 6.07 Å². The number of hydrogen-bond acceptors (Lipinski definition) is 6. The molecule has 0 bridgehead atoms. The first-order valence-electron chi connectivity index (χ1n) is 13.1. The van der Waals surface area contributed by atoms with E-state index >= 15 is 0 Å². The minimum atomic E-state index is -0.276. The van der Waals surface area contributed by atoms with Crippen LogP contribution < -0.4 is 10.1 Å². The Kier molecular flexibility index (Phi) is 5.54. The number of carbonyl (C=O) groups excluding carboxylic acids is 1. The molecule has 8 nitrogen and oxygen atoms in total. The third-order valence-corrected chi connectivity index (χ3v) is 7.92. The first kappa shape index (κ1) is 23.2. The molecular formula is C29H28FN5O3. The van der Waals surface area contributed by atoms with Gasteiger partial charge in [0.05, 0.1) is 12.1 Å². The van der Waals surface area contributed by atoms with Gasteiger partial charge < -0.3 is 19.7 Å². The van der Waals surface area contributed by atoms with Crippen LogP contribution in [-0.2, 0) is 24.2 Å². The van der Waals surface area contributed by atoms with Crippen LogP contribution in [0.5, 0.6) is 5.75 Å². The van der Waals surface area contributed by atoms with Gasteiger partial charge in [-0.15, -0.1) is 0 Å². The molecule has 3 aliphatic rings. The minimum Gasteiger partial charge on any atom is -0.493 e. The Morgan fingerprint density at radius 1 is 1.11 bits per heavy atom. The van der Waals surface area contributed by atoms with E-state index in [1.54, 1.807) is 18.6 Å². The van der Waals surface area contributed by atoms with Crippen LogP contribution in [-0.4, -0.2) is 51.0 Å². The molecule has 0 radical (unpaired) electrons. The Bertz CT molecular complexity index is 1580. The highest BCUT2D eigenvalue weighted by atomic mass is 19.1. The van der Waals surface area contributed by atoms with Gasteiger partial charge in [0.1, 0.15) is 17.9 Å². The number of halogens is 1. The zero-order valence-electron chi connectivity index (χ0n) is 21.2. The fraction of sp³-hybridized carbons (Fsp3) is 0.345. The molecule has 1 N–H and O–H groups in total. The van der Waals surface area contributed by atoms with Gasteiger partial charge in [0, 0.05) is 61.7 Å². The monoisotopic (exact) mass is 513 g/mol. The number of benzene rings is 2. The molecule has 1 amide bonds. The fourth-order valence-electron chi connectivity index (χ4n) is 5.97. The highest BCUT2D eigenvalue weighted by Crippen LogP contribution is 2.36. The summed E-state index contributed by atoms with van der Waals surface area (Å²) in [7, 11) is 0. The smallest absolute Gasteiger partial charge is 0.275 e. The van der Waals surface area contributed by atoms with E-state index in [1.807, 2.05) is 9.30 Å². The van der Waals surface area contributed by atoms with Crippen LogP contribution in [0.25, 0.3) is 16.6 Å². The van der Waals surface area contributed by atoms with Crippen LogP contribution in [0.4, 0.5) is 10.3 Å². The molecule has 1 saturated heterocycles. The second-order valence-electron chi connectivity index (χ2n) is 10.2. The summed E-state index contributed by atoms with van der Waals surface area (Å²) in [6.07, 6.45) is 5.71. The second-order valence-corrected chi connectivity index (χ2v) is 10.2. The van der Waals surface area contributed by atoms with Crippen molar-refractivity contribution >= 4 is 17.4 Å². The van der Waals surface area contributed by atoms with Crippen molar-refractivity contribution in [2.24, 2.45) is 0 Å². The van der Waals surface area contributed by atoms with E-state index in [0.29, 0.717) is 55.5 Å². The number of nitrogens with one attached hydrogen (secondary N) is 1. The van der Waals surface area contributed by atoms with Gasteiger partial charge in [0.2, 0.25) is 5.95 Å². The molecule has 7 rings (SSSR count). The predicted octanol–water partition coefficient (Wildman–Crippen LogP) is 4.53. The van der Waals surface area contributed by atoms with Crippen LogP contribution in [0.15, 0.2) is 42.9 Å². The Hall–Kier alpha value is -3.98. The number of amides is 1. The number of aryl methyl sites for hydroxylation is 1. The molecular weight excluding hydrogens is 485 g/mol. The van der Waals surface area contributed by atoms with Gasteiger partial charge in [0.25, 0.3) is 5.91 Å². The van der Waals surface area contributed by atoms with Crippen LogP contribution in [0.3, 0.4) is 0 Å². The zero-order chi connectivity index (χ0) is 25.8. The van der Waals surface area contributed by atoms with Crippen LogP contribution in [0.2, 0.25) is 0 Å². The van der Waals surface area contributed by atoms with Crippen molar-refractivity contribution in [2.75, 3.05) is 25.1 Å². The quantitative estimate of drug-likeness (QED) is 0.432. The summed E-state index contributed by atoms with van der Waals surface area (Å²) < 4.78 is 27.8. The van der Waals surface area contributed by atoms with E-state index in [4.69, 9.17) is 14.5 Å². The summed E-state index contributed by atoms with van der Waals surface area (Å²) in [6, 6.07) is 9.55. The first-order chi connectivity index (χ1) is 18.6. The summed E-state index contributed by atoms with van der Waals surface area (Å²) in [5, 5.41) is 3.30. The number of nitrogens with zero attached hydrogens (tertiary/aromatic N) is 4. The Morgan fingerprint density at radius 3 is 2.84 bits per heavy atom. The summed E-state index contributed by atoms with van der Waals surface area (Å²) in [5.41, 5.74) is 6.69. The minimum absolute atomic E-state index is 0.0889. The third-order valence-electron chi connectivity index (χ3n) is 7.92. The maximum atomic E-state index is 14.8. The maximum absolute atomic E-state index is 14.8. The van der Waals surface area contributed by atoms with E-state index in [-0.39, 0.29) is 24.3 Å². The molecule has 0 atom stereocenters. The molecule has 2 aromatic heterocycles. The van der Waals surface area contributed by atoms with Gasteiger partial charge in [-0.3, -0.25) is 9.20 Å². The van der Waals surface area contributed by atoms with Gasteiger partial charge in [0.15, 0.2) is 5.69 Å². The van der Waals surface area contributed by atoms with Crippen molar-refractivity contribution in [3.63, 3.8) is 0 Å². The lowest BCUT2D eigenvalue weighted by atomic mass is 9.94. The maximum Gasteiger partial charge on any atom is 0.275 e. The highest BCUT2D eigenvalue weighted by molar-refractivity contribution is 6.04. The lowest BCUT2D eigenvalue weighted by Gasteiger charge is -2.35. The van der Waals surface area contributed by atoms with E-state index in [0.717, 1.165) is 46.4 Å². The van der Waals surface area contributed by atoms with Gasteiger partial charge >= 0.3 is 0 Å². The Balaban J connectivity index is 1.33. The number of imidazole rings is 1. The molecule has 3 aliphatic heterocycles. The van der Waals surface area contributed by atoms with Gasteiger partial charge in [-0.05, 0) is 43.0 Å². The molecule has 194 valence electrons. The van der Waals surface area contributed by atoms with Crippen molar-refractivity contribution in [3.8, 4) is 16.9 Å². The van der Waals surface area contributed by atoms with Crippen molar-refractivity contribution in [2.45, 2.75) is 45.3 Å². The number of fused-ring (bicyclic) bond motifs is 3. The topological polar surface area (TPSA) is 81.0 Å². The van der Waals surface area contributed by atoms with Crippen molar-refractivity contribution in [1.82, 2.24) is 19.3 Å². The molecule has 0 unspecified atom stereocenters. The normalized spacial score (nSPS) is 17.1. The molecule has 2 aromatic carbocycles. The van der Waals surface area contributed by atoms with Gasteiger partial charge in [-0.25, -0.2) is 14.4 Å². The average Bonchev–Trinajstić information content (AvgIpc) is 3.59. The molecule has 1 fully saturated rings. The fourth-order valence-corrected chi connectivity index (χ4v) is 5.97. The number of rotatable bonds is 4. The lowest BCUT2D eigenvalue weighted by molar-refractivity contribution is 0.0265. The van der Waals surface area contributed by atoms with Crippen LogP contribution in [0, 0.1) is 12.7 Å². The van der Waals surface area contributed by atoms with Crippen molar-refractivity contribution < 1.29 is 18.7 Å². The van der Waals surface area contributed by atoms with Crippen LogP contribution in [0.1, 0.15) is 45.6 Å². The molecule has 0 saturated carbocycles. The van der Waals surface area contributed by atoms with E-state index < -0.39 is 0 Å². The summed E-state index contributed by atoms with van der Waals surface area (Å²) in [6.45, 7) is 4.67. The zero-order valence-corrected chi connectivity index (χ0v) is 21.2. The number of anilines is 1. The van der Waals surface area contributed by atoms with E-state index in [9.17, 15) is 9.18 Å². The summed E-state index contributed by atoms with van der Waals surface area (Å²) in [5.74, 6) is 0.864. The Labute approximate surface area is 219 Å². The standard InChI is InChI=1S/C29H28FN5O3/c1-17-2-3-20-18(12-17)15-34(19-6-9-37-10-7-19)28(36)26-27-23(20)14-32-29(35(27)16-33-26)31-13-22-21-8-11-38-25(21)5-4-24(22)30/h2-5,12,14,16,19H,6-11,13,15H2,1H3,(H,31,32). The number of hydrogen-bond donors (Lipinski definition) is 1. The molecule has 5 heterocycles. The Morgan fingerprint density at radius 2 is 1.97 bits per heavy atom. The summed E-state index contributed by atoms with van der Waals surface area (Å²) in [4.78, 5) is 25.3. The largest absolute Gasteiger partial charge is 0.493 e. The molecule has 9 heteroatoms. The van der Waals surface area contributed by atoms with Gasteiger partial charge in [-0.1, -0.05) is 23.8 Å². The molecule has 38 heavy (non-hydrogen) atoms. The van der Waals surface area contributed by atoms with Gasteiger partial charge in [-0.2, -0.15) is 0 Å². The second kappa shape index (κ2) is 9.09. The lowest BCUT2D eigenvalue weighted by Crippen LogP contribution is -2.43.